The van der Waals surface area contributed by atoms with Crippen molar-refractivity contribution in [3.05, 3.63) is 68.2 Å². The van der Waals surface area contributed by atoms with Gasteiger partial charge in [-0.15, -0.1) is 0 Å². The van der Waals surface area contributed by atoms with Crippen molar-refractivity contribution >= 4 is 12.2 Å². The molecule has 0 saturated carbocycles. The van der Waals surface area contributed by atoms with Gasteiger partial charge >= 0.3 is 0 Å². The smallest absolute Gasteiger partial charge is 0.265 e. The number of fused-ring (bicyclic) bond motifs is 1. The highest BCUT2D eigenvalue weighted by Gasteiger charge is 2.33. The van der Waals surface area contributed by atoms with Gasteiger partial charge in [-0.25, -0.2) is 0 Å². The number of aromatic hydroxyl groups is 1. The highest BCUT2D eigenvalue weighted by atomic mass is 32.1. The zero-order valence-corrected chi connectivity index (χ0v) is 19.0. The Labute approximate surface area is 190 Å². The molecule has 1 atom stereocenters. The number of methoxy groups -OCH3 is 2. The van der Waals surface area contributed by atoms with E-state index in [4.69, 9.17) is 26.4 Å². The molecule has 3 aromatic rings. The van der Waals surface area contributed by atoms with Crippen LogP contribution in [0.2, 0.25) is 0 Å². The Morgan fingerprint density at radius 1 is 1.19 bits per heavy atom. The molecule has 2 heterocycles. The van der Waals surface area contributed by atoms with Crippen LogP contribution in [0.1, 0.15) is 29.7 Å². The van der Waals surface area contributed by atoms with Crippen molar-refractivity contribution in [3.63, 3.8) is 0 Å². The van der Waals surface area contributed by atoms with Gasteiger partial charge < -0.3 is 24.6 Å². The predicted molar refractivity (Wildman–Crippen MR) is 122 cm³/mol. The first kappa shape index (κ1) is 21.9. The molecule has 4 N–H and O–H groups in total. The van der Waals surface area contributed by atoms with Crippen molar-refractivity contribution in [2.24, 2.45) is 0 Å². The van der Waals surface area contributed by atoms with E-state index in [0.717, 1.165) is 24.1 Å². The zero-order valence-electron chi connectivity index (χ0n) is 18.2. The number of aromatic amines is 1. The van der Waals surface area contributed by atoms with Gasteiger partial charge in [0.25, 0.3) is 5.56 Å². The molecule has 4 rings (SSSR count). The summed E-state index contributed by atoms with van der Waals surface area (Å²) in [6, 6.07) is 10.5. The molecule has 0 amide bonds. The van der Waals surface area contributed by atoms with Crippen molar-refractivity contribution in [2.45, 2.75) is 19.4 Å². The summed E-state index contributed by atoms with van der Waals surface area (Å²) >= 11 is 5.37. The second kappa shape index (κ2) is 9.05. The number of quaternary nitrogens is 1. The summed E-state index contributed by atoms with van der Waals surface area (Å²) in [5.41, 5.74) is 2.38. The lowest BCUT2D eigenvalue weighted by molar-refractivity contribution is -0.690. The van der Waals surface area contributed by atoms with Gasteiger partial charge in [-0.2, -0.15) is 0 Å². The summed E-state index contributed by atoms with van der Waals surface area (Å²) in [4.78, 5) is 15.7. The van der Waals surface area contributed by atoms with E-state index in [2.05, 4.69) is 4.98 Å². The fourth-order valence-corrected chi connectivity index (χ4v) is 4.45. The minimum absolute atomic E-state index is 0.115. The van der Waals surface area contributed by atoms with Crippen molar-refractivity contribution < 1.29 is 24.6 Å². The summed E-state index contributed by atoms with van der Waals surface area (Å²) in [5.74, 6) is 1.73. The SMILES string of the molecule is CCOc1ccc(-n2c(O)c([C@@H]3[NH2+]CCc4cc(OC)c(OC)cc43)c(=O)[nH]c2=S)cc1. The van der Waals surface area contributed by atoms with Crippen molar-refractivity contribution in [2.75, 3.05) is 27.4 Å². The van der Waals surface area contributed by atoms with Crippen LogP contribution in [0.5, 0.6) is 23.1 Å². The summed E-state index contributed by atoms with van der Waals surface area (Å²) in [5, 5.41) is 13.3. The summed E-state index contributed by atoms with van der Waals surface area (Å²) < 4.78 is 18.0. The standard InChI is InChI=1S/C23H25N3O5S/c1-4-31-15-7-5-14(6-8-15)26-22(28)19(21(27)25-23(26)32)20-16-12-18(30-3)17(29-2)11-13(16)9-10-24-20/h5-8,11-12,20,24,28H,4,9-10H2,1-3H3,(H,25,27,32)/p+1/t20-/m1/s1. The third kappa shape index (κ3) is 3.85. The van der Waals surface area contributed by atoms with E-state index in [1.54, 1.807) is 38.5 Å². The molecule has 0 saturated heterocycles. The Bertz CT molecular complexity index is 1250. The zero-order chi connectivity index (χ0) is 22.8. The lowest BCUT2D eigenvalue weighted by atomic mass is 9.90. The van der Waals surface area contributed by atoms with E-state index in [1.807, 2.05) is 24.4 Å². The van der Waals surface area contributed by atoms with Crippen molar-refractivity contribution in [1.82, 2.24) is 9.55 Å². The number of nitrogens with one attached hydrogen (secondary N) is 1. The Balaban J connectivity index is 1.87. The maximum atomic E-state index is 13.0. The summed E-state index contributed by atoms with van der Waals surface area (Å²) in [6.07, 6.45) is 0.808. The number of ether oxygens (including phenoxy) is 3. The third-order valence-electron chi connectivity index (χ3n) is 5.63. The molecular weight excluding hydrogens is 430 g/mol. The molecule has 9 heteroatoms. The lowest BCUT2D eigenvalue weighted by Crippen LogP contribution is -2.87. The highest BCUT2D eigenvalue weighted by Crippen LogP contribution is 2.36. The second-order valence-corrected chi connectivity index (χ2v) is 7.80. The lowest BCUT2D eigenvalue weighted by Gasteiger charge is -2.26. The molecule has 1 aromatic heterocycles. The molecule has 0 bridgehead atoms. The molecule has 0 aliphatic carbocycles. The Kier molecular flexibility index (Phi) is 6.20. The maximum absolute atomic E-state index is 13.0. The van der Waals surface area contributed by atoms with Gasteiger partial charge in [0.05, 0.1) is 33.1 Å². The number of benzene rings is 2. The van der Waals surface area contributed by atoms with E-state index in [-0.39, 0.29) is 16.2 Å². The van der Waals surface area contributed by atoms with Crippen molar-refractivity contribution in [1.29, 1.82) is 0 Å². The van der Waals surface area contributed by atoms with Crippen LogP contribution in [0.3, 0.4) is 0 Å². The predicted octanol–water partition coefficient (Wildman–Crippen LogP) is 2.23. The number of rotatable bonds is 6. The Hall–Kier alpha value is -3.30. The van der Waals surface area contributed by atoms with E-state index in [0.29, 0.717) is 29.5 Å². The van der Waals surface area contributed by atoms with Crippen LogP contribution in [-0.4, -0.2) is 42.0 Å². The molecule has 168 valence electrons. The van der Waals surface area contributed by atoms with E-state index in [9.17, 15) is 9.90 Å². The molecule has 1 aliphatic heterocycles. The van der Waals surface area contributed by atoms with Gasteiger partial charge in [0.1, 0.15) is 17.4 Å². The second-order valence-electron chi connectivity index (χ2n) is 7.42. The Morgan fingerprint density at radius 2 is 1.88 bits per heavy atom. The average Bonchev–Trinajstić information content (AvgIpc) is 2.79. The van der Waals surface area contributed by atoms with Gasteiger partial charge in [0.2, 0.25) is 5.88 Å². The Morgan fingerprint density at radius 3 is 2.53 bits per heavy atom. The molecule has 2 aromatic carbocycles. The average molecular weight is 457 g/mol. The minimum Gasteiger partial charge on any atom is -0.494 e. The van der Waals surface area contributed by atoms with Crippen molar-refractivity contribution in [3.8, 4) is 28.8 Å². The number of aromatic nitrogens is 2. The molecule has 0 unspecified atom stereocenters. The number of H-pyrrole nitrogens is 1. The first-order valence-electron chi connectivity index (χ1n) is 10.4. The monoisotopic (exact) mass is 456 g/mol. The van der Waals surface area contributed by atoms with E-state index >= 15 is 0 Å². The van der Waals surface area contributed by atoms with Crippen LogP contribution in [0.15, 0.2) is 41.2 Å². The maximum Gasteiger partial charge on any atom is 0.265 e. The van der Waals surface area contributed by atoms with Gasteiger partial charge in [0, 0.05) is 12.0 Å². The summed E-state index contributed by atoms with van der Waals surface area (Å²) in [6.45, 7) is 3.22. The van der Waals surface area contributed by atoms with Crippen LogP contribution < -0.4 is 25.1 Å². The minimum atomic E-state index is -0.424. The van der Waals surface area contributed by atoms with Gasteiger partial charge in [-0.3, -0.25) is 14.3 Å². The number of nitrogens with zero attached hydrogens (tertiary/aromatic N) is 1. The van der Waals surface area contributed by atoms with Crippen LogP contribution >= 0.6 is 12.2 Å². The fourth-order valence-electron chi connectivity index (χ4n) is 4.17. The molecule has 32 heavy (non-hydrogen) atoms. The van der Waals surface area contributed by atoms with Crippen LogP contribution in [0, 0.1) is 4.77 Å². The van der Waals surface area contributed by atoms with Gasteiger partial charge in [-0.1, -0.05) is 0 Å². The molecule has 0 spiro atoms. The highest BCUT2D eigenvalue weighted by molar-refractivity contribution is 7.71. The molecule has 0 radical (unpaired) electrons. The van der Waals surface area contributed by atoms with Crippen LogP contribution in [0.4, 0.5) is 0 Å². The first-order chi connectivity index (χ1) is 15.5. The van der Waals surface area contributed by atoms with Gasteiger partial charge in [-0.05, 0) is 61.1 Å². The van der Waals surface area contributed by atoms with Gasteiger partial charge in [0.15, 0.2) is 16.3 Å². The molecule has 8 nitrogen and oxygen atoms in total. The largest absolute Gasteiger partial charge is 0.494 e. The van der Waals surface area contributed by atoms with E-state index in [1.165, 1.54) is 4.57 Å². The van der Waals surface area contributed by atoms with Crippen LogP contribution in [-0.2, 0) is 6.42 Å². The fraction of sp³-hybridized carbons (Fsp3) is 0.304. The number of hydrogen-bond donors (Lipinski definition) is 3. The third-order valence-corrected chi connectivity index (χ3v) is 5.92. The molecular formula is C23H26N3O5S+. The number of hydrogen-bond acceptors (Lipinski definition) is 6. The first-order valence-corrected chi connectivity index (χ1v) is 10.8. The summed E-state index contributed by atoms with van der Waals surface area (Å²) in [7, 11) is 3.16. The topological polar surface area (TPSA) is 102 Å². The van der Waals surface area contributed by atoms with Crippen LogP contribution in [0.25, 0.3) is 5.69 Å². The molecule has 1 aliphatic rings. The quantitative estimate of drug-likeness (QED) is 0.492. The number of nitrogens with two attached hydrogens (primary N) is 1. The van der Waals surface area contributed by atoms with E-state index < -0.39 is 11.6 Å². The normalized spacial score (nSPS) is 15.2. The molecule has 0 fully saturated rings.